The van der Waals surface area contributed by atoms with Gasteiger partial charge in [0.05, 0.1) is 12.2 Å². The van der Waals surface area contributed by atoms with E-state index in [2.05, 4.69) is 4.72 Å². The van der Waals surface area contributed by atoms with Crippen molar-refractivity contribution in [1.29, 1.82) is 0 Å². The average molecular weight is 319 g/mol. The van der Waals surface area contributed by atoms with Crippen LogP contribution in [0.1, 0.15) is 33.6 Å². The molecular weight excluding hydrogens is 294 g/mol. The van der Waals surface area contributed by atoms with Crippen molar-refractivity contribution in [3.63, 3.8) is 0 Å². The highest BCUT2D eigenvalue weighted by molar-refractivity contribution is 7.87. The molecule has 2 aliphatic heterocycles. The maximum absolute atomic E-state index is 12.4. The van der Waals surface area contributed by atoms with Crippen LogP contribution in [-0.2, 0) is 19.7 Å². The molecular formula is C13H25N3O4S. The zero-order valence-corrected chi connectivity index (χ0v) is 13.7. The fourth-order valence-corrected chi connectivity index (χ4v) is 4.54. The summed E-state index contributed by atoms with van der Waals surface area (Å²) < 4.78 is 34.7. The number of morpholine rings is 1. The van der Waals surface area contributed by atoms with Crippen LogP contribution in [0.3, 0.4) is 0 Å². The van der Waals surface area contributed by atoms with E-state index in [-0.39, 0.29) is 24.2 Å². The average Bonchev–Trinajstić information content (AvgIpc) is 2.37. The van der Waals surface area contributed by atoms with Crippen molar-refractivity contribution in [3.8, 4) is 0 Å². The number of hydrogen-bond donors (Lipinski definition) is 1. The van der Waals surface area contributed by atoms with Gasteiger partial charge >= 0.3 is 0 Å². The van der Waals surface area contributed by atoms with Gasteiger partial charge in [0.1, 0.15) is 0 Å². The molecule has 0 saturated carbocycles. The first-order valence-corrected chi connectivity index (χ1v) is 8.90. The molecule has 2 heterocycles. The van der Waals surface area contributed by atoms with Crippen LogP contribution >= 0.6 is 0 Å². The van der Waals surface area contributed by atoms with Gasteiger partial charge in [-0.2, -0.15) is 17.4 Å². The molecule has 1 amide bonds. The van der Waals surface area contributed by atoms with Gasteiger partial charge in [0.15, 0.2) is 0 Å². The largest absolute Gasteiger partial charge is 0.373 e. The summed E-state index contributed by atoms with van der Waals surface area (Å²) in [6.45, 7) is 7.28. The van der Waals surface area contributed by atoms with Crippen LogP contribution in [0.5, 0.6) is 0 Å². The minimum atomic E-state index is -3.49. The number of rotatable bonds is 3. The number of amides is 1. The molecule has 0 aliphatic carbocycles. The number of nitrogens with one attached hydrogen (secondary N) is 1. The van der Waals surface area contributed by atoms with E-state index in [4.69, 9.17) is 4.74 Å². The summed E-state index contributed by atoms with van der Waals surface area (Å²) in [7, 11) is -3.49. The molecule has 21 heavy (non-hydrogen) atoms. The number of nitrogens with zero attached hydrogens (tertiary/aromatic N) is 2. The summed E-state index contributed by atoms with van der Waals surface area (Å²) in [5, 5.41) is 0. The van der Waals surface area contributed by atoms with Crippen molar-refractivity contribution < 1.29 is 17.9 Å². The minimum absolute atomic E-state index is 0.0483. The van der Waals surface area contributed by atoms with Crippen LogP contribution in [-0.4, -0.2) is 68.0 Å². The first-order valence-electron chi connectivity index (χ1n) is 7.46. The molecule has 0 aromatic heterocycles. The lowest BCUT2D eigenvalue weighted by Crippen LogP contribution is -2.55. The first kappa shape index (κ1) is 16.7. The van der Waals surface area contributed by atoms with Gasteiger partial charge in [-0.25, -0.2) is 0 Å². The van der Waals surface area contributed by atoms with E-state index < -0.39 is 10.2 Å². The standard InChI is InChI=1S/C13H25N3O4S/c1-10-8-16(9-11(2)20-10)21(18,19)14-13-4-6-15(7-5-13)12(3)17/h10-11,13-14H,4-9H2,1-3H3/t10-,11-/m0/s1. The summed E-state index contributed by atoms with van der Waals surface area (Å²) in [5.74, 6) is 0.0483. The number of piperidine rings is 1. The summed E-state index contributed by atoms with van der Waals surface area (Å²) in [4.78, 5) is 13.0. The van der Waals surface area contributed by atoms with Crippen LogP contribution in [0.25, 0.3) is 0 Å². The van der Waals surface area contributed by atoms with Crippen molar-refractivity contribution in [2.45, 2.75) is 51.9 Å². The molecule has 0 unspecified atom stereocenters. The second kappa shape index (κ2) is 6.60. The zero-order chi connectivity index (χ0) is 15.6. The summed E-state index contributed by atoms with van der Waals surface area (Å²) in [5.41, 5.74) is 0. The third-order valence-corrected chi connectivity index (χ3v) is 5.59. The summed E-state index contributed by atoms with van der Waals surface area (Å²) in [6.07, 6.45) is 1.14. The highest BCUT2D eigenvalue weighted by atomic mass is 32.2. The Kier molecular flexibility index (Phi) is 5.24. The number of ether oxygens (including phenoxy) is 1. The number of likely N-dealkylation sites (tertiary alicyclic amines) is 1. The smallest absolute Gasteiger partial charge is 0.279 e. The molecule has 8 heteroatoms. The molecule has 0 radical (unpaired) electrons. The van der Waals surface area contributed by atoms with Gasteiger partial charge in [0, 0.05) is 39.1 Å². The van der Waals surface area contributed by atoms with Gasteiger partial charge in [-0.1, -0.05) is 0 Å². The van der Waals surface area contributed by atoms with Crippen LogP contribution in [0.2, 0.25) is 0 Å². The van der Waals surface area contributed by atoms with Crippen molar-refractivity contribution >= 4 is 16.1 Å². The SMILES string of the molecule is CC(=O)N1CCC(NS(=O)(=O)N2C[C@H](C)O[C@@H](C)C2)CC1. The summed E-state index contributed by atoms with van der Waals surface area (Å²) in [6, 6.07) is -0.0981. The van der Waals surface area contributed by atoms with Crippen LogP contribution in [0.15, 0.2) is 0 Å². The van der Waals surface area contributed by atoms with Crippen molar-refractivity contribution in [1.82, 2.24) is 13.9 Å². The molecule has 2 saturated heterocycles. The molecule has 122 valence electrons. The number of carbonyl (C=O) groups is 1. The van der Waals surface area contributed by atoms with Gasteiger partial charge < -0.3 is 9.64 Å². The Morgan fingerprint density at radius 2 is 1.67 bits per heavy atom. The fourth-order valence-electron chi connectivity index (χ4n) is 2.92. The van der Waals surface area contributed by atoms with Gasteiger partial charge in [-0.15, -0.1) is 0 Å². The zero-order valence-electron chi connectivity index (χ0n) is 12.9. The Morgan fingerprint density at radius 1 is 1.14 bits per heavy atom. The summed E-state index contributed by atoms with van der Waals surface area (Å²) >= 11 is 0. The molecule has 2 rings (SSSR count). The highest BCUT2D eigenvalue weighted by Gasteiger charge is 2.33. The van der Waals surface area contributed by atoms with Crippen LogP contribution < -0.4 is 4.72 Å². The quantitative estimate of drug-likeness (QED) is 0.790. The van der Waals surface area contributed by atoms with E-state index in [0.29, 0.717) is 39.0 Å². The molecule has 1 N–H and O–H groups in total. The van der Waals surface area contributed by atoms with Crippen molar-refractivity contribution in [2.75, 3.05) is 26.2 Å². The molecule has 0 aromatic carbocycles. The van der Waals surface area contributed by atoms with E-state index in [9.17, 15) is 13.2 Å². The van der Waals surface area contributed by atoms with E-state index in [1.165, 1.54) is 4.31 Å². The van der Waals surface area contributed by atoms with E-state index in [0.717, 1.165) is 0 Å². The molecule has 2 atom stereocenters. The van der Waals surface area contributed by atoms with Crippen molar-refractivity contribution in [3.05, 3.63) is 0 Å². The minimum Gasteiger partial charge on any atom is -0.373 e. The van der Waals surface area contributed by atoms with Crippen LogP contribution in [0, 0.1) is 0 Å². The van der Waals surface area contributed by atoms with Gasteiger partial charge in [-0.05, 0) is 26.7 Å². The molecule has 0 aromatic rings. The van der Waals surface area contributed by atoms with Crippen LogP contribution in [0.4, 0.5) is 0 Å². The maximum atomic E-state index is 12.4. The Bertz CT molecular complexity index is 464. The maximum Gasteiger partial charge on any atom is 0.279 e. The van der Waals surface area contributed by atoms with E-state index in [1.807, 2.05) is 13.8 Å². The predicted octanol–water partition coefficient (Wildman–Crippen LogP) is -0.0591. The Morgan fingerprint density at radius 3 is 2.14 bits per heavy atom. The number of hydrogen-bond acceptors (Lipinski definition) is 4. The second-order valence-corrected chi connectivity index (χ2v) is 7.68. The topological polar surface area (TPSA) is 79.0 Å². The van der Waals surface area contributed by atoms with E-state index in [1.54, 1.807) is 11.8 Å². The number of carbonyl (C=O) groups excluding carboxylic acids is 1. The van der Waals surface area contributed by atoms with Gasteiger partial charge in [0.2, 0.25) is 5.91 Å². The van der Waals surface area contributed by atoms with Gasteiger partial charge in [-0.3, -0.25) is 4.79 Å². The lowest BCUT2D eigenvalue weighted by atomic mass is 10.1. The molecule has 0 spiro atoms. The Hall–Kier alpha value is -0.700. The second-order valence-electron chi connectivity index (χ2n) is 5.98. The lowest BCUT2D eigenvalue weighted by molar-refractivity contribution is -0.129. The molecule has 7 nitrogen and oxygen atoms in total. The van der Waals surface area contributed by atoms with Crippen molar-refractivity contribution in [2.24, 2.45) is 0 Å². The van der Waals surface area contributed by atoms with Gasteiger partial charge in [0.25, 0.3) is 10.2 Å². The Labute approximate surface area is 126 Å². The molecule has 2 aliphatic rings. The normalized spacial score (nSPS) is 29.6. The molecule has 2 fully saturated rings. The fraction of sp³-hybridized carbons (Fsp3) is 0.923. The highest BCUT2D eigenvalue weighted by Crippen LogP contribution is 2.16. The third kappa shape index (κ3) is 4.38. The third-order valence-electron chi connectivity index (χ3n) is 3.98. The predicted molar refractivity (Wildman–Crippen MR) is 78.9 cm³/mol. The van der Waals surface area contributed by atoms with E-state index >= 15 is 0 Å². The first-order chi connectivity index (χ1) is 9.78. The molecule has 0 bridgehead atoms. The Balaban J connectivity index is 1.91. The monoisotopic (exact) mass is 319 g/mol. The lowest BCUT2D eigenvalue weighted by Gasteiger charge is -2.37.